The number of aliphatic hydroxyl groups excluding tert-OH is 1. The summed E-state index contributed by atoms with van der Waals surface area (Å²) in [5.41, 5.74) is 3.52. The van der Waals surface area contributed by atoms with Crippen LogP contribution in [-0.4, -0.2) is 75.0 Å². The second kappa shape index (κ2) is 9.68. The summed E-state index contributed by atoms with van der Waals surface area (Å²) in [5.74, 6) is -2.75. The molecule has 0 amide bonds. The molecule has 39 heavy (non-hydrogen) atoms. The van der Waals surface area contributed by atoms with Crippen LogP contribution in [0.2, 0.25) is 0 Å². The molecular weight excluding hydrogens is 510 g/mol. The molecule has 2 aromatic rings. The maximum Gasteiger partial charge on any atom is 0.202 e. The molecule has 0 radical (unpaired) electrons. The summed E-state index contributed by atoms with van der Waals surface area (Å²) < 4.78 is 17.2. The van der Waals surface area contributed by atoms with Gasteiger partial charge in [-0.25, -0.2) is 0 Å². The van der Waals surface area contributed by atoms with Gasteiger partial charge in [0, 0.05) is 48.4 Å². The molecule has 5 rings (SSSR count). The van der Waals surface area contributed by atoms with E-state index < -0.39 is 70.4 Å². The molecule has 11 nitrogen and oxygen atoms in total. The molecule has 0 bridgehead atoms. The van der Waals surface area contributed by atoms with E-state index >= 15 is 0 Å². The van der Waals surface area contributed by atoms with Gasteiger partial charge in [-0.2, -0.15) is 0 Å². The Morgan fingerprint density at radius 3 is 2.49 bits per heavy atom. The number of phenols is 2. The number of Topliss-reactive ketones (excluding diaryl/α,β-unsaturated/α-hetero) is 1. The van der Waals surface area contributed by atoms with E-state index in [-0.39, 0.29) is 59.5 Å². The van der Waals surface area contributed by atoms with Crippen LogP contribution in [0.3, 0.4) is 0 Å². The van der Waals surface area contributed by atoms with Crippen LogP contribution in [0.1, 0.15) is 82.2 Å². The molecule has 2 aliphatic carbocycles. The first-order valence-electron chi connectivity index (χ1n) is 12.7. The lowest BCUT2D eigenvalue weighted by Gasteiger charge is -2.42. The lowest BCUT2D eigenvalue weighted by molar-refractivity contribution is -0.247. The molecule has 6 atom stereocenters. The van der Waals surface area contributed by atoms with Crippen molar-refractivity contribution in [3.05, 3.63) is 51.6 Å². The van der Waals surface area contributed by atoms with Crippen LogP contribution in [0.15, 0.2) is 18.2 Å². The Bertz CT molecular complexity index is 1380. The molecular formula is C28H31NO10. The number of methoxy groups -OCH3 is 1. The Hall–Kier alpha value is -3.35. The van der Waals surface area contributed by atoms with E-state index in [1.54, 1.807) is 6.92 Å². The van der Waals surface area contributed by atoms with E-state index in [9.17, 15) is 34.8 Å². The number of ketones is 3. The van der Waals surface area contributed by atoms with Crippen molar-refractivity contribution in [2.75, 3.05) is 7.11 Å². The number of benzene rings is 2. The molecule has 6 N–H and O–H groups in total. The summed E-state index contributed by atoms with van der Waals surface area (Å²) in [6, 6.07) is 3.79. The van der Waals surface area contributed by atoms with Gasteiger partial charge in [-0.3, -0.25) is 14.4 Å². The molecule has 2 aromatic carbocycles. The fourth-order valence-corrected chi connectivity index (χ4v) is 6.06. The Balaban J connectivity index is 1.67. The number of aliphatic hydroxyl groups is 2. The van der Waals surface area contributed by atoms with Gasteiger partial charge in [0.05, 0.1) is 47.7 Å². The number of phenolic OH excluding ortho intramolecular Hbond substituents is 2. The molecule has 1 aliphatic heterocycles. The van der Waals surface area contributed by atoms with Gasteiger partial charge in [-0.1, -0.05) is 12.1 Å². The normalized spacial score (nSPS) is 29.8. The maximum atomic E-state index is 13.7. The molecule has 6 unspecified atom stereocenters. The highest BCUT2D eigenvalue weighted by molar-refractivity contribution is 6.31. The minimum atomic E-state index is -1.69. The van der Waals surface area contributed by atoms with Gasteiger partial charge in [0.25, 0.3) is 0 Å². The average molecular weight is 542 g/mol. The smallest absolute Gasteiger partial charge is 0.202 e. The summed E-state index contributed by atoms with van der Waals surface area (Å²) in [6.45, 7) is 2.93. The monoisotopic (exact) mass is 541 g/mol. The molecule has 1 saturated heterocycles. The standard InChI is InChI=1S/C28H31NO10/c1-11(30)8-28(36)9-14-20(17(10-28)39-18-7-15(29)23(31)12(2)38-18)27(35)22-21(25(14)33)24(32)13-5-4-6-16(37-3)19(13)26(22)34/h4-6,12,15,17-18,23,31,33,35-36H,7-10,29H2,1-3H3. The van der Waals surface area contributed by atoms with E-state index in [0.29, 0.717) is 0 Å². The number of hydrogen-bond donors (Lipinski definition) is 5. The minimum Gasteiger partial charge on any atom is -0.507 e. The molecule has 1 fully saturated rings. The lowest BCUT2D eigenvalue weighted by Crippen LogP contribution is -2.52. The van der Waals surface area contributed by atoms with E-state index in [1.165, 1.54) is 32.2 Å². The molecule has 208 valence electrons. The van der Waals surface area contributed by atoms with Crippen molar-refractivity contribution in [1.82, 2.24) is 0 Å². The molecule has 0 saturated carbocycles. The van der Waals surface area contributed by atoms with Crippen LogP contribution < -0.4 is 10.5 Å². The van der Waals surface area contributed by atoms with Crippen molar-refractivity contribution in [2.24, 2.45) is 5.73 Å². The minimum absolute atomic E-state index is 0.00115. The van der Waals surface area contributed by atoms with Crippen LogP contribution in [0.25, 0.3) is 0 Å². The second-order valence-electron chi connectivity index (χ2n) is 10.7. The number of rotatable bonds is 5. The summed E-state index contributed by atoms with van der Waals surface area (Å²) in [4.78, 5) is 39.2. The number of ether oxygens (including phenoxy) is 3. The van der Waals surface area contributed by atoms with Crippen molar-refractivity contribution in [3.63, 3.8) is 0 Å². The number of fused-ring (bicyclic) bond motifs is 3. The summed E-state index contributed by atoms with van der Waals surface area (Å²) in [7, 11) is 1.35. The quantitative estimate of drug-likeness (QED) is 0.294. The van der Waals surface area contributed by atoms with Crippen LogP contribution >= 0.6 is 0 Å². The molecule has 11 heteroatoms. The van der Waals surface area contributed by atoms with Crippen molar-refractivity contribution < 1.29 is 49.0 Å². The van der Waals surface area contributed by atoms with Gasteiger partial charge in [0.2, 0.25) is 5.78 Å². The average Bonchev–Trinajstić information content (AvgIpc) is 2.86. The summed E-state index contributed by atoms with van der Waals surface area (Å²) in [5, 5.41) is 44.5. The Kier molecular flexibility index (Phi) is 6.76. The largest absolute Gasteiger partial charge is 0.507 e. The van der Waals surface area contributed by atoms with Gasteiger partial charge in [0.1, 0.15) is 23.0 Å². The third-order valence-electron chi connectivity index (χ3n) is 7.80. The topological polar surface area (TPSA) is 186 Å². The summed E-state index contributed by atoms with van der Waals surface area (Å²) in [6.07, 6.45) is -4.38. The molecule has 3 aliphatic rings. The van der Waals surface area contributed by atoms with Gasteiger partial charge in [-0.15, -0.1) is 0 Å². The fourth-order valence-electron chi connectivity index (χ4n) is 6.06. The fraction of sp³-hybridized carbons (Fsp3) is 0.464. The van der Waals surface area contributed by atoms with Gasteiger partial charge < -0.3 is 40.4 Å². The number of hydrogen-bond acceptors (Lipinski definition) is 11. The van der Waals surface area contributed by atoms with E-state index in [0.717, 1.165) is 0 Å². The highest BCUT2D eigenvalue weighted by Gasteiger charge is 2.48. The Labute approximate surface area is 224 Å². The van der Waals surface area contributed by atoms with Gasteiger partial charge >= 0.3 is 0 Å². The van der Waals surface area contributed by atoms with Crippen molar-refractivity contribution in [3.8, 4) is 17.2 Å². The molecule has 1 heterocycles. The number of carbonyl (C=O) groups excluding carboxylic acids is 3. The van der Waals surface area contributed by atoms with Crippen molar-refractivity contribution in [2.45, 2.75) is 75.8 Å². The van der Waals surface area contributed by atoms with Crippen LogP contribution in [-0.2, 0) is 20.7 Å². The van der Waals surface area contributed by atoms with Crippen molar-refractivity contribution >= 4 is 17.3 Å². The zero-order chi connectivity index (χ0) is 28.4. The zero-order valence-electron chi connectivity index (χ0n) is 21.8. The van der Waals surface area contributed by atoms with E-state index in [4.69, 9.17) is 19.9 Å². The highest BCUT2D eigenvalue weighted by Crippen LogP contribution is 2.53. The first-order valence-corrected chi connectivity index (χ1v) is 12.7. The Morgan fingerprint density at radius 1 is 1.15 bits per heavy atom. The number of aromatic hydroxyl groups is 2. The summed E-state index contributed by atoms with van der Waals surface area (Å²) >= 11 is 0. The second-order valence-corrected chi connectivity index (χ2v) is 10.7. The maximum absolute atomic E-state index is 13.7. The molecule has 0 aromatic heterocycles. The first-order chi connectivity index (χ1) is 18.4. The van der Waals surface area contributed by atoms with Crippen LogP contribution in [0.4, 0.5) is 0 Å². The lowest BCUT2D eigenvalue weighted by atomic mass is 9.71. The predicted octanol–water partition coefficient (Wildman–Crippen LogP) is 1.42. The van der Waals surface area contributed by atoms with Crippen LogP contribution in [0.5, 0.6) is 17.2 Å². The van der Waals surface area contributed by atoms with Crippen LogP contribution in [0, 0.1) is 0 Å². The predicted molar refractivity (Wildman–Crippen MR) is 135 cm³/mol. The highest BCUT2D eigenvalue weighted by atomic mass is 16.7. The van der Waals surface area contributed by atoms with Gasteiger partial charge in [0.15, 0.2) is 12.1 Å². The third kappa shape index (κ3) is 4.40. The SMILES string of the molecule is COc1cccc2c1C(=O)c1c(O)c3c(c(O)c1C2=O)CC(O)(CC(C)=O)CC3OC1CC(N)C(O)C(C)O1. The number of carbonyl (C=O) groups is 3. The molecule has 0 spiro atoms. The van der Waals surface area contributed by atoms with E-state index in [1.807, 2.05) is 0 Å². The zero-order valence-corrected chi connectivity index (χ0v) is 21.8. The number of nitrogens with two attached hydrogens (primary N) is 1. The van der Waals surface area contributed by atoms with Gasteiger partial charge in [-0.05, 0) is 19.9 Å². The third-order valence-corrected chi connectivity index (χ3v) is 7.80. The Morgan fingerprint density at radius 2 is 1.85 bits per heavy atom. The van der Waals surface area contributed by atoms with E-state index in [2.05, 4.69) is 0 Å². The first kappa shape index (κ1) is 27.2. The van der Waals surface area contributed by atoms with Crippen molar-refractivity contribution in [1.29, 1.82) is 0 Å².